The van der Waals surface area contributed by atoms with Crippen molar-refractivity contribution in [3.63, 3.8) is 0 Å². The van der Waals surface area contributed by atoms with Crippen molar-refractivity contribution in [2.45, 2.75) is 31.8 Å². The molecule has 0 aliphatic carbocycles. The number of nitrogens with zero attached hydrogens (tertiary/aromatic N) is 2. The molecule has 0 radical (unpaired) electrons. The van der Waals surface area contributed by atoms with Gasteiger partial charge >= 0.3 is 0 Å². The first-order valence-electron chi connectivity index (χ1n) is 7.43. The van der Waals surface area contributed by atoms with Crippen LogP contribution in [0.4, 0.5) is 0 Å². The molecule has 0 saturated carbocycles. The minimum atomic E-state index is -0.0624. The number of amides is 1. The maximum atomic E-state index is 12.5. The number of nitrogens with one attached hydrogen (secondary N) is 3. The van der Waals surface area contributed by atoms with E-state index in [2.05, 4.69) is 25.4 Å². The standard InChI is InChI=1S/C15H21N5O/c1-11(12-9-17-18-10-12)19-15(21)14-3-2-8-20(14)13-4-6-16-7-5-13/h2-3,8-11,13,16H,4-7H2,1H3,(H,17,18)(H,19,21). The molecular weight excluding hydrogens is 266 g/mol. The van der Waals surface area contributed by atoms with Crippen LogP contribution in [-0.4, -0.2) is 33.8 Å². The van der Waals surface area contributed by atoms with Gasteiger partial charge in [0.05, 0.1) is 12.2 Å². The van der Waals surface area contributed by atoms with E-state index in [-0.39, 0.29) is 11.9 Å². The summed E-state index contributed by atoms with van der Waals surface area (Å²) in [5, 5.41) is 13.1. The smallest absolute Gasteiger partial charge is 0.268 e. The fraction of sp³-hybridized carbons (Fsp3) is 0.467. The van der Waals surface area contributed by atoms with Gasteiger partial charge < -0.3 is 15.2 Å². The Kier molecular flexibility index (Phi) is 4.06. The molecule has 0 aromatic carbocycles. The molecule has 1 atom stereocenters. The second kappa shape index (κ2) is 6.13. The van der Waals surface area contributed by atoms with Gasteiger partial charge in [0.1, 0.15) is 5.69 Å². The highest BCUT2D eigenvalue weighted by Crippen LogP contribution is 2.21. The fourth-order valence-electron chi connectivity index (χ4n) is 2.84. The van der Waals surface area contributed by atoms with Crippen LogP contribution in [0.15, 0.2) is 30.7 Å². The molecule has 1 unspecified atom stereocenters. The molecule has 1 fully saturated rings. The number of rotatable bonds is 4. The van der Waals surface area contributed by atoms with Crippen molar-refractivity contribution in [2.24, 2.45) is 0 Å². The van der Waals surface area contributed by atoms with Gasteiger partial charge in [-0.25, -0.2) is 0 Å². The lowest BCUT2D eigenvalue weighted by Gasteiger charge is -2.26. The molecule has 0 bridgehead atoms. The molecule has 0 spiro atoms. The Bertz CT molecular complexity index is 583. The third-order valence-corrected chi connectivity index (χ3v) is 4.08. The third kappa shape index (κ3) is 3.00. The number of H-pyrrole nitrogens is 1. The summed E-state index contributed by atoms with van der Waals surface area (Å²) in [7, 11) is 0. The normalized spacial score (nSPS) is 17.6. The summed E-state index contributed by atoms with van der Waals surface area (Å²) in [5.41, 5.74) is 1.71. The van der Waals surface area contributed by atoms with E-state index in [1.807, 2.05) is 25.3 Å². The Morgan fingerprint density at radius 1 is 1.48 bits per heavy atom. The fourth-order valence-corrected chi connectivity index (χ4v) is 2.84. The lowest BCUT2D eigenvalue weighted by atomic mass is 10.1. The number of hydrogen-bond donors (Lipinski definition) is 3. The second-order valence-electron chi connectivity index (χ2n) is 5.51. The summed E-state index contributed by atoms with van der Waals surface area (Å²) in [6.07, 6.45) is 7.67. The Balaban J connectivity index is 1.71. The molecule has 6 nitrogen and oxygen atoms in total. The maximum absolute atomic E-state index is 12.5. The minimum Gasteiger partial charge on any atom is -0.344 e. The van der Waals surface area contributed by atoms with Gasteiger partial charge in [-0.05, 0) is 45.0 Å². The van der Waals surface area contributed by atoms with Gasteiger partial charge in [0.25, 0.3) is 5.91 Å². The molecule has 3 rings (SSSR count). The predicted octanol–water partition coefficient (Wildman–Crippen LogP) is 1.63. The van der Waals surface area contributed by atoms with Gasteiger partial charge in [-0.3, -0.25) is 9.89 Å². The summed E-state index contributed by atoms with van der Waals surface area (Å²) in [4.78, 5) is 12.5. The van der Waals surface area contributed by atoms with Gasteiger partial charge in [0.2, 0.25) is 0 Å². The lowest BCUT2D eigenvalue weighted by Crippen LogP contribution is -2.33. The first-order chi connectivity index (χ1) is 10.3. The quantitative estimate of drug-likeness (QED) is 0.800. The first-order valence-corrected chi connectivity index (χ1v) is 7.43. The van der Waals surface area contributed by atoms with Crippen molar-refractivity contribution >= 4 is 5.91 Å². The number of aromatic amines is 1. The van der Waals surface area contributed by atoms with E-state index in [0.717, 1.165) is 37.2 Å². The van der Waals surface area contributed by atoms with E-state index < -0.39 is 0 Å². The summed E-state index contributed by atoms with van der Waals surface area (Å²) in [6, 6.07) is 4.18. The minimum absolute atomic E-state index is 0.0350. The van der Waals surface area contributed by atoms with E-state index in [0.29, 0.717) is 6.04 Å². The Morgan fingerprint density at radius 3 is 3.00 bits per heavy atom. The molecular formula is C15H21N5O. The summed E-state index contributed by atoms with van der Waals surface area (Å²) in [5.74, 6) is -0.0350. The zero-order valence-corrected chi connectivity index (χ0v) is 12.2. The van der Waals surface area contributed by atoms with Gasteiger partial charge in [-0.1, -0.05) is 0 Å². The van der Waals surface area contributed by atoms with E-state index in [1.165, 1.54) is 0 Å². The van der Waals surface area contributed by atoms with E-state index in [1.54, 1.807) is 12.4 Å². The van der Waals surface area contributed by atoms with Gasteiger partial charge in [-0.15, -0.1) is 0 Å². The lowest BCUT2D eigenvalue weighted by molar-refractivity contribution is 0.0927. The number of carbonyl (C=O) groups is 1. The zero-order chi connectivity index (χ0) is 14.7. The molecule has 3 heterocycles. The molecule has 112 valence electrons. The Labute approximate surface area is 123 Å². The van der Waals surface area contributed by atoms with Crippen LogP contribution in [0.5, 0.6) is 0 Å². The van der Waals surface area contributed by atoms with Crippen LogP contribution in [-0.2, 0) is 0 Å². The molecule has 1 saturated heterocycles. The van der Waals surface area contributed by atoms with Gasteiger partial charge in [0.15, 0.2) is 0 Å². The van der Waals surface area contributed by atoms with Gasteiger partial charge in [-0.2, -0.15) is 5.10 Å². The highest BCUT2D eigenvalue weighted by atomic mass is 16.2. The third-order valence-electron chi connectivity index (χ3n) is 4.08. The second-order valence-corrected chi connectivity index (χ2v) is 5.51. The average molecular weight is 287 g/mol. The van der Waals surface area contributed by atoms with E-state index >= 15 is 0 Å². The Hall–Kier alpha value is -2.08. The van der Waals surface area contributed by atoms with Crippen LogP contribution in [0.1, 0.15) is 47.9 Å². The number of carbonyl (C=O) groups excluding carboxylic acids is 1. The van der Waals surface area contributed by atoms with Crippen molar-refractivity contribution in [1.29, 1.82) is 0 Å². The highest BCUT2D eigenvalue weighted by molar-refractivity contribution is 5.93. The van der Waals surface area contributed by atoms with E-state index in [4.69, 9.17) is 0 Å². The highest BCUT2D eigenvalue weighted by Gasteiger charge is 2.21. The monoisotopic (exact) mass is 287 g/mol. The summed E-state index contributed by atoms with van der Waals surface area (Å²) >= 11 is 0. The van der Waals surface area contributed by atoms with Crippen LogP contribution in [0, 0.1) is 0 Å². The molecule has 2 aromatic heterocycles. The van der Waals surface area contributed by atoms with Crippen LogP contribution in [0.3, 0.4) is 0 Å². The zero-order valence-electron chi connectivity index (χ0n) is 12.2. The molecule has 1 aliphatic heterocycles. The predicted molar refractivity (Wildman–Crippen MR) is 80.0 cm³/mol. The van der Waals surface area contributed by atoms with Gasteiger partial charge in [0, 0.05) is 24.0 Å². The van der Waals surface area contributed by atoms with Crippen LogP contribution in [0.2, 0.25) is 0 Å². The number of aromatic nitrogens is 3. The molecule has 3 N–H and O–H groups in total. The van der Waals surface area contributed by atoms with Crippen molar-refractivity contribution in [3.8, 4) is 0 Å². The van der Waals surface area contributed by atoms with Crippen molar-refractivity contribution in [2.75, 3.05) is 13.1 Å². The summed E-state index contributed by atoms with van der Waals surface area (Å²) < 4.78 is 2.11. The molecule has 1 amide bonds. The Morgan fingerprint density at radius 2 is 2.29 bits per heavy atom. The largest absolute Gasteiger partial charge is 0.344 e. The van der Waals surface area contributed by atoms with E-state index in [9.17, 15) is 4.79 Å². The molecule has 21 heavy (non-hydrogen) atoms. The van der Waals surface area contributed by atoms with Crippen LogP contribution < -0.4 is 10.6 Å². The summed E-state index contributed by atoms with van der Waals surface area (Å²) in [6.45, 7) is 3.98. The van der Waals surface area contributed by atoms with Crippen LogP contribution in [0.25, 0.3) is 0 Å². The molecule has 6 heteroatoms. The van der Waals surface area contributed by atoms with Crippen molar-refractivity contribution in [1.82, 2.24) is 25.4 Å². The SMILES string of the molecule is CC(NC(=O)c1cccn1C1CCNCC1)c1cn[nH]c1. The number of hydrogen-bond acceptors (Lipinski definition) is 3. The molecule has 1 aliphatic rings. The number of piperidine rings is 1. The first kappa shape index (κ1) is 13.9. The van der Waals surface area contributed by atoms with Crippen molar-refractivity contribution < 1.29 is 4.79 Å². The average Bonchev–Trinajstić information content (AvgIpc) is 3.19. The van der Waals surface area contributed by atoms with Crippen molar-refractivity contribution in [3.05, 3.63) is 42.0 Å². The molecule has 2 aromatic rings. The topological polar surface area (TPSA) is 74.7 Å². The van der Waals surface area contributed by atoms with Crippen LogP contribution >= 0.6 is 0 Å². The maximum Gasteiger partial charge on any atom is 0.268 e.